The first-order valence-corrected chi connectivity index (χ1v) is 8.81. The number of benzene rings is 1. The lowest BCUT2D eigenvalue weighted by molar-refractivity contribution is -0.134. The molecule has 1 aliphatic heterocycles. The maximum absolute atomic E-state index is 12.9. The fourth-order valence-electron chi connectivity index (χ4n) is 3.33. The van der Waals surface area contributed by atoms with E-state index >= 15 is 0 Å². The highest BCUT2D eigenvalue weighted by atomic mass is 16.2. The van der Waals surface area contributed by atoms with Crippen molar-refractivity contribution in [2.75, 3.05) is 32.7 Å². The summed E-state index contributed by atoms with van der Waals surface area (Å²) in [7, 11) is 0. The number of piperazine rings is 1. The number of aromatic nitrogens is 2. The molecule has 1 saturated heterocycles. The molecular formula is C19H26N4O. The molecule has 0 N–H and O–H groups in total. The number of amides is 1. The minimum Gasteiger partial charge on any atom is -0.340 e. The maximum Gasteiger partial charge on any atom is 0.230 e. The third-order valence-corrected chi connectivity index (χ3v) is 4.80. The van der Waals surface area contributed by atoms with Gasteiger partial charge in [-0.2, -0.15) is 5.10 Å². The summed E-state index contributed by atoms with van der Waals surface area (Å²) in [6, 6.07) is 12.1. The van der Waals surface area contributed by atoms with Crippen LogP contribution >= 0.6 is 0 Å². The summed E-state index contributed by atoms with van der Waals surface area (Å²) in [5.41, 5.74) is 1.13. The van der Waals surface area contributed by atoms with Crippen molar-refractivity contribution in [2.24, 2.45) is 0 Å². The highest BCUT2D eigenvalue weighted by Gasteiger charge is 2.27. The average molecular weight is 326 g/mol. The summed E-state index contributed by atoms with van der Waals surface area (Å²) in [4.78, 5) is 17.3. The second-order valence-corrected chi connectivity index (χ2v) is 6.31. The number of carbonyl (C=O) groups excluding carboxylic acids is 1. The maximum atomic E-state index is 12.9. The monoisotopic (exact) mass is 326 g/mol. The quantitative estimate of drug-likeness (QED) is 0.817. The van der Waals surface area contributed by atoms with Crippen molar-refractivity contribution in [2.45, 2.75) is 25.8 Å². The van der Waals surface area contributed by atoms with E-state index in [1.54, 1.807) is 0 Å². The molecule has 24 heavy (non-hydrogen) atoms. The lowest BCUT2D eigenvalue weighted by Crippen LogP contribution is -2.50. The van der Waals surface area contributed by atoms with Crippen LogP contribution in [0.5, 0.6) is 0 Å². The van der Waals surface area contributed by atoms with E-state index in [9.17, 15) is 4.79 Å². The number of hydrogen-bond acceptors (Lipinski definition) is 3. The molecule has 2 heterocycles. The van der Waals surface area contributed by atoms with E-state index in [4.69, 9.17) is 0 Å². The first-order valence-electron chi connectivity index (χ1n) is 8.81. The Kier molecular flexibility index (Phi) is 5.64. The van der Waals surface area contributed by atoms with Gasteiger partial charge in [-0.25, -0.2) is 0 Å². The van der Waals surface area contributed by atoms with E-state index in [1.807, 2.05) is 46.2 Å². The summed E-state index contributed by atoms with van der Waals surface area (Å²) in [6.07, 6.45) is 4.65. The van der Waals surface area contributed by atoms with Crippen molar-refractivity contribution < 1.29 is 4.79 Å². The lowest BCUT2D eigenvalue weighted by atomic mass is 9.95. The second-order valence-electron chi connectivity index (χ2n) is 6.31. The number of hydrogen-bond donors (Lipinski definition) is 0. The van der Waals surface area contributed by atoms with E-state index in [1.165, 1.54) is 0 Å². The van der Waals surface area contributed by atoms with Gasteiger partial charge in [0.05, 0.1) is 12.5 Å². The fraction of sp³-hybridized carbons (Fsp3) is 0.474. The van der Waals surface area contributed by atoms with Gasteiger partial charge >= 0.3 is 0 Å². The fourth-order valence-corrected chi connectivity index (χ4v) is 3.33. The van der Waals surface area contributed by atoms with Crippen LogP contribution in [0.1, 0.15) is 24.8 Å². The SMILES string of the molecule is CCC(C(=O)N1CCN(CCn2cccn2)CC1)c1ccccc1. The first-order chi connectivity index (χ1) is 11.8. The Balaban J connectivity index is 1.51. The standard InChI is InChI=1S/C19H26N4O/c1-2-18(17-7-4-3-5-8-17)19(24)22-14-11-21(12-15-22)13-16-23-10-6-9-20-23/h3-10,18H,2,11-16H2,1H3. The van der Waals surface area contributed by atoms with Crippen molar-refractivity contribution in [1.29, 1.82) is 0 Å². The summed E-state index contributed by atoms with van der Waals surface area (Å²) in [5.74, 6) is 0.261. The Hall–Kier alpha value is -2.14. The van der Waals surface area contributed by atoms with E-state index in [0.29, 0.717) is 0 Å². The van der Waals surface area contributed by atoms with Gasteiger partial charge in [0.15, 0.2) is 0 Å². The third-order valence-electron chi connectivity index (χ3n) is 4.80. The molecule has 0 bridgehead atoms. The van der Waals surface area contributed by atoms with Crippen LogP contribution in [0, 0.1) is 0 Å². The van der Waals surface area contributed by atoms with Crippen molar-refractivity contribution in [1.82, 2.24) is 19.6 Å². The molecule has 5 nitrogen and oxygen atoms in total. The minimum absolute atomic E-state index is 0.0122. The van der Waals surface area contributed by atoms with Gasteiger partial charge in [-0.3, -0.25) is 14.4 Å². The smallest absolute Gasteiger partial charge is 0.230 e. The number of carbonyl (C=O) groups is 1. The second kappa shape index (κ2) is 8.11. The van der Waals surface area contributed by atoms with Gasteiger partial charge in [0, 0.05) is 45.1 Å². The molecule has 1 atom stereocenters. The van der Waals surface area contributed by atoms with Crippen LogP contribution in [0.2, 0.25) is 0 Å². The molecule has 1 fully saturated rings. The summed E-state index contributed by atoms with van der Waals surface area (Å²) in [5, 5.41) is 4.24. The zero-order valence-corrected chi connectivity index (χ0v) is 14.3. The molecule has 0 radical (unpaired) electrons. The summed E-state index contributed by atoms with van der Waals surface area (Å²) >= 11 is 0. The number of rotatable bonds is 6. The molecule has 1 aliphatic rings. The van der Waals surface area contributed by atoms with Gasteiger partial charge in [-0.05, 0) is 18.1 Å². The zero-order valence-electron chi connectivity index (χ0n) is 14.3. The van der Waals surface area contributed by atoms with Crippen LogP contribution in [-0.4, -0.2) is 58.2 Å². The van der Waals surface area contributed by atoms with E-state index in [0.717, 1.165) is 51.3 Å². The Labute approximate surface area is 143 Å². The van der Waals surface area contributed by atoms with Crippen molar-refractivity contribution in [3.63, 3.8) is 0 Å². The largest absolute Gasteiger partial charge is 0.340 e. The van der Waals surface area contributed by atoms with Gasteiger partial charge in [0.25, 0.3) is 0 Å². The Morgan fingerprint density at radius 2 is 1.83 bits per heavy atom. The van der Waals surface area contributed by atoms with Gasteiger partial charge in [-0.15, -0.1) is 0 Å². The molecule has 1 unspecified atom stereocenters. The van der Waals surface area contributed by atoms with Crippen LogP contribution in [0.3, 0.4) is 0 Å². The summed E-state index contributed by atoms with van der Waals surface area (Å²) in [6.45, 7) is 7.51. The van der Waals surface area contributed by atoms with Gasteiger partial charge in [-0.1, -0.05) is 37.3 Å². The van der Waals surface area contributed by atoms with Crippen LogP contribution in [0.15, 0.2) is 48.8 Å². The normalized spacial score (nSPS) is 17.0. The van der Waals surface area contributed by atoms with Crippen molar-refractivity contribution >= 4 is 5.91 Å². The van der Waals surface area contributed by atoms with E-state index in [2.05, 4.69) is 29.1 Å². The average Bonchev–Trinajstić information content (AvgIpc) is 3.15. The van der Waals surface area contributed by atoms with Gasteiger partial charge in [0.2, 0.25) is 5.91 Å². The van der Waals surface area contributed by atoms with Crippen molar-refractivity contribution in [3.05, 3.63) is 54.4 Å². The minimum atomic E-state index is -0.0122. The number of nitrogens with zero attached hydrogens (tertiary/aromatic N) is 4. The predicted octanol–water partition coefficient (Wildman–Crippen LogP) is 2.22. The van der Waals surface area contributed by atoms with Crippen LogP contribution in [-0.2, 0) is 11.3 Å². The van der Waals surface area contributed by atoms with E-state index in [-0.39, 0.29) is 11.8 Å². The topological polar surface area (TPSA) is 41.4 Å². The Morgan fingerprint density at radius 1 is 1.08 bits per heavy atom. The highest BCUT2D eigenvalue weighted by Crippen LogP contribution is 2.22. The van der Waals surface area contributed by atoms with Crippen LogP contribution in [0.4, 0.5) is 0 Å². The molecule has 5 heteroatoms. The van der Waals surface area contributed by atoms with Crippen LogP contribution in [0.25, 0.3) is 0 Å². The van der Waals surface area contributed by atoms with Gasteiger partial charge < -0.3 is 4.90 Å². The Morgan fingerprint density at radius 3 is 2.46 bits per heavy atom. The molecule has 0 saturated carbocycles. The molecule has 128 valence electrons. The summed E-state index contributed by atoms with van der Waals surface area (Å²) < 4.78 is 1.96. The highest BCUT2D eigenvalue weighted by molar-refractivity contribution is 5.83. The predicted molar refractivity (Wildman–Crippen MR) is 94.7 cm³/mol. The lowest BCUT2D eigenvalue weighted by Gasteiger charge is -2.36. The molecule has 1 aromatic carbocycles. The zero-order chi connectivity index (χ0) is 16.8. The third kappa shape index (κ3) is 4.03. The Bertz CT molecular complexity index is 618. The molecule has 1 amide bonds. The molecule has 3 rings (SSSR count). The molecule has 0 aliphatic carbocycles. The molecule has 2 aromatic rings. The van der Waals surface area contributed by atoms with Gasteiger partial charge in [0.1, 0.15) is 0 Å². The van der Waals surface area contributed by atoms with E-state index < -0.39 is 0 Å². The molecule has 0 spiro atoms. The van der Waals surface area contributed by atoms with Crippen molar-refractivity contribution in [3.8, 4) is 0 Å². The first kappa shape index (κ1) is 16.7. The molecule has 1 aromatic heterocycles. The molecular weight excluding hydrogens is 300 g/mol. The van der Waals surface area contributed by atoms with Crippen LogP contribution < -0.4 is 0 Å².